The SMILES string of the molecule is Cc1ccc2[nH]cc(CCNc3ncc(Cc4ccc5cc[nH]c5c4)c(N)n3)c2c1. The van der Waals surface area contributed by atoms with E-state index in [0.717, 1.165) is 29.6 Å². The number of hydrogen-bond donors (Lipinski definition) is 4. The maximum Gasteiger partial charge on any atom is 0.224 e. The summed E-state index contributed by atoms with van der Waals surface area (Å²) in [6.45, 7) is 2.85. The molecule has 0 aliphatic rings. The van der Waals surface area contributed by atoms with Crippen LogP contribution < -0.4 is 11.1 Å². The molecular weight excluding hydrogens is 372 g/mol. The van der Waals surface area contributed by atoms with E-state index in [9.17, 15) is 0 Å². The van der Waals surface area contributed by atoms with Gasteiger partial charge in [-0.05, 0) is 54.1 Å². The molecule has 0 atom stereocenters. The molecule has 3 aromatic heterocycles. The van der Waals surface area contributed by atoms with Gasteiger partial charge in [-0.25, -0.2) is 4.98 Å². The smallest absolute Gasteiger partial charge is 0.224 e. The van der Waals surface area contributed by atoms with Crippen molar-refractivity contribution in [1.82, 2.24) is 19.9 Å². The van der Waals surface area contributed by atoms with Crippen molar-refractivity contribution in [1.29, 1.82) is 0 Å². The van der Waals surface area contributed by atoms with Crippen molar-refractivity contribution in [2.75, 3.05) is 17.6 Å². The Labute approximate surface area is 174 Å². The largest absolute Gasteiger partial charge is 0.383 e. The van der Waals surface area contributed by atoms with E-state index in [2.05, 4.69) is 80.8 Å². The molecule has 0 spiro atoms. The van der Waals surface area contributed by atoms with Gasteiger partial charge in [0.25, 0.3) is 0 Å². The molecule has 150 valence electrons. The first-order valence-electron chi connectivity index (χ1n) is 10.1. The minimum Gasteiger partial charge on any atom is -0.383 e. The van der Waals surface area contributed by atoms with Crippen molar-refractivity contribution < 1.29 is 0 Å². The van der Waals surface area contributed by atoms with Gasteiger partial charge in [0.15, 0.2) is 0 Å². The Morgan fingerprint density at radius 1 is 1.00 bits per heavy atom. The third-order valence-corrected chi connectivity index (χ3v) is 5.51. The number of nitrogen functional groups attached to an aromatic ring is 1. The van der Waals surface area contributed by atoms with E-state index in [-0.39, 0.29) is 0 Å². The molecule has 0 fully saturated rings. The summed E-state index contributed by atoms with van der Waals surface area (Å²) < 4.78 is 0. The molecule has 3 heterocycles. The van der Waals surface area contributed by atoms with Crippen molar-refractivity contribution in [2.45, 2.75) is 19.8 Å². The Bertz CT molecular complexity index is 1330. The third-order valence-electron chi connectivity index (χ3n) is 5.51. The standard InChI is InChI=1S/C24H24N6/c1-15-2-5-21-20(10-15)18(13-28-21)7-9-27-24-29-14-19(23(25)30-24)11-16-3-4-17-6-8-26-22(17)12-16/h2-6,8,10,12-14,26,28H,7,9,11H2,1H3,(H3,25,27,29,30). The number of fused-ring (bicyclic) bond motifs is 2. The highest BCUT2D eigenvalue weighted by Crippen LogP contribution is 2.21. The molecule has 0 aliphatic heterocycles. The first-order valence-corrected chi connectivity index (χ1v) is 10.1. The fraction of sp³-hybridized carbons (Fsp3) is 0.167. The van der Waals surface area contributed by atoms with E-state index in [1.807, 2.05) is 12.4 Å². The van der Waals surface area contributed by atoms with Crippen LogP contribution in [0.1, 0.15) is 22.3 Å². The maximum absolute atomic E-state index is 6.22. The van der Waals surface area contributed by atoms with Crippen LogP contribution in [0.4, 0.5) is 11.8 Å². The molecule has 0 bridgehead atoms. The fourth-order valence-corrected chi connectivity index (χ4v) is 3.87. The number of H-pyrrole nitrogens is 2. The summed E-state index contributed by atoms with van der Waals surface area (Å²) in [5.41, 5.74) is 13.2. The molecule has 0 radical (unpaired) electrons. The number of nitrogens with two attached hydrogens (primary N) is 1. The quantitative estimate of drug-likeness (QED) is 0.338. The highest BCUT2D eigenvalue weighted by molar-refractivity contribution is 5.84. The topological polar surface area (TPSA) is 95.4 Å². The molecule has 6 nitrogen and oxygen atoms in total. The van der Waals surface area contributed by atoms with Gasteiger partial charge in [0.2, 0.25) is 5.95 Å². The van der Waals surface area contributed by atoms with Crippen LogP contribution >= 0.6 is 0 Å². The van der Waals surface area contributed by atoms with E-state index in [4.69, 9.17) is 5.73 Å². The molecule has 0 unspecified atom stereocenters. The summed E-state index contributed by atoms with van der Waals surface area (Å²) in [6.07, 6.45) is 7.42. The number of aromatic nitrogens is 4. The van der Waals surface area contributed by atoms with Gasteiger partial charge in [-0.3, -0.25) is 0 Å². The molecule has 5 aromatic rings. The summed E-state index contributed by atoms with van der Waals surface area (Å²) >= 11 is 0. The number of hydrogen-bond acceptors (Lipinski definition) is 4. The molecule has 0 saturated heterocycles. The Kier molecular flexibility index (Phi) is 4.59. The van der Waals surface area contributed by atoms with Gasteiger partial charge in [0.05, 0.1) is 0 Å². The monoisotopic (exact) mass is 396 g/mol. The van der Waals surface area contributed by atoms with Crippen LogP contribution in [-0.2, 0) is 12.8 Å². The second-order valence-corrected chi connectivity index (χ2v) is 7.72. The molecule has 0 saturated carbocycles. The number of anilines is 2. The Hall–Kier alpha value is -3.80. The van der Waals surface area contributed by atoms with Gasteiger partial charge in [-0.15, -0.1) is 0 Å². The second-order valence-electron chi connectivity index (χ2n) is 7.72. The lowest BCUT2D eigenvalue weighted by Crippen LogP contribution is -2.10. The minimum absolute atomic E-state index is 0.516. The Morgan fingerprint density at radius 3 is 2.83 bits per heavy atom. The predicted octanol–water partition coefficient (Wildman–Crippen LogP) is 4.58. The third kappa shape index (κ3) is 3.59. The average Bonchev–Trinajstić information content (AvgIpc) is 3.36. The number of nitrogens with one attached hydrogen (secondary N) is 3. The Balaban J connectivity index is 1.24. The zero-order valence-corrected chi connectivity index (χ0v) is 16.9. The summed E-state index contributed by atoms with van der Waals surface area (Å²) in [4.78, 5) is 15.5. The van der Waals surface area contributed by atoms with Gasteiger partial charge >= 0.3 is 0 Å². The van der Waals surface area contributed by atoms with E-state index in [0.29, 0.717) is 18.2 Å². The van der Waals surface area contributed by atoms with E-state index in [1.165, 1.54) is 27.5 Å². The number of aromatic amines is 2. The number of nitrogens with zero attached hydrogens (tertiary/aromatic N) is 2. The van der Waals surface area contributed by atoms with Crippen molar-refractivity contribution in [3.05, 3.63) is 83.3 Å². The van der Waals surface area contributed by atoms with E-state index >= 15 is 0 Å². The zero-order valence-electron chi connectivity index (χ0n) is 16.9. The summed E-state index contributed by atoms with van der Waals surface area (Å²) in [6, 6.07) is 14.9. The predicted molar refractivity (Wildman–Crippen MR) is 123 cm³/mol. The average molecular weight is 396 g/mol. The number of rotatable bonds is 6. The normalized spacial score (nSPS) is 11.4. The summed E-state index contributed by atoms with van der Waals surface area (Å²) in [5, 5.41) is 5.77. The molecule has 5 N–H and O–H groups in total. The molecular formula is C24H24N6. The first kappa shape index (κ1) is 18.2. The molecule has 2 aromatic carbocycles. The lowest BCUT2D eigenvalue weighted by Gasteiger charge is -2.09. The van der Waals surface area contributed by atoms with Crippen molar-refractivity contribution in [2.24, 2.45) is 0 Å². The van der Waals surface area contributed by atoms with Crippen LogP contribution in [0.3, 0.4) is 0 Å². The van der Waals surface area contributed by atoms with Gasteiger partial charge in [-0.2, -0.15) is 4.98 Å². The molecule has 5 rings (SSSR count). The van der Waals surface area contributed by atoms with Gasteiger partial charge in [-0.1, -0.05) is 23.8 Å². The zero-order chi connectivity index (χ0) is 20.5. The van der Waals surface area contributed by atoms with Crippen molar-refractivity contribution in [3.8, 4) is 0 Å². The van der Waals surface area contributed by atoms with Crippen LogP contribution in [0.2, 0.25) is 0 Å². The van der Waals surface area contributed by atoms with Crippen LogP contribution in [0, 0.1) is 6.92 Å². The molecule has 6 heteroatoms. The van der Waals surface area contributed by atoms with E-state index < -0.39 is 0 Å². The Morgan fingerprint density at radius 2 is 1.93 bits per heavy atom. The lowest BCUT2D eigenvalue weighted by atomic mass is 10.1. The van der Waals surface area contributed by atoms with Crippen LogP contribution in [0.25, 0.3) is 21.8 Å². The first-order chi connectivity index (χ1) is 14.7. The van der Waals surface area contributed by atoms with Crippen molar-refractivity contribution >= 4 is 33.6 Å². The molecule has 0 amide bonds. The second kappa shape index (κ2) is 7.55. The minimum atomic E-state index is 0.516. The number of aryl methyl sites for hydroxylation is 1. The van der Waals surface area contributed by atoms with Gasteiger partial charge in [0.1, 0.15) is 5.82 Å². The highest BCUT2D eigenvalue weighted by Gasteiger charge is 2.08. The lowest BCUT2D eigenvalue weighted by molar-refractivity contribution is 0.982. The van der Waals surface area contributed by atoms with Crippen LogP contribution in [-0.4, -0.2) is 26.5 Å². The van der Waals surface area contributed by atoms with Gasteiger partial charge in [0, 0.05) is 53.5 Å². The molecule has 0 aliphatic carbocycles. The summed E-state index contributed by atoms with van der Waals surface area (Å²) in [7, 11) is 0. The maximum atomic E-state index is 6.22. The van der Waals surface area contributed by atoms with Crippen LogP contribution in [0.5, 0.6) is 0 Å². The highest BCUT2D eigenvalue weighted by atomic mass is 15.1. The van der Waals surface area contributed by atoms with E-state index in [1.54, 1.807) is 0 Å². The van der Waals surface area contributed by atoms with Crippen molar-refractivity contribution in [3.63, 3.8) is 0 Å². The number of benzene rings is 2. The van der Waals surface area contributed by atoms with Crippen LogP contribution in [0.15, 0.2) is 61.1 Å². The fourth-order valence-electron chi connectivity index (χ4n) is 3.87. The molecule has 30 heavy (non-hydrogen) atoms. The van der Waals surface area contributed by atoms with Gasteiger partial charge < -0.3 is 21.0 Å². The summed E-state index contributed by atoms with van der Waals surface area (Å²) in [5.74, 6) is 1.08.